The molecule has 0 saturated carbocycles. The van der Waals surface area contributed by atoms with Gasteiger partial charge in [-0.2, -0.15) is 13.1 Å². The molecule has 1 aromatic heterocycles. The third kappa shape index (κ3) is 7.26. The Morgan fingerprint density at radius 2 is 1.96 bits per heavy atom. The van der Waals surface area contributed by atoms with E-state index in [1.807, 2.05) is 18.2 Å². The molecule has 1 aromatic carbocycles. The van der Waals surface area contributed by atoms with E-state index in [1.165, 1.54) is 11.8 Å². The van der Waals surface area contributed by atoms with E-state index in [4.69, 9.17) is 12.2 Å². The Kier molecular flexibility index (Phi) is 7.44. The predicted molar refractivity (Wildman–Crippen MR) is 103 cm³/mol. The summed E-state index contributed by atoms with van der Waals surface area (Å²) in [5, 5.41) is 3.10. The maximum absolute atomic E-state index is 11.9. The molecule has 3 N–H and O–H groups in total. The number of aromatic nitrogens is 1. The third-order valence-electron chi connectivity index (χ3n) is 2.81. The van der Waals surface area contributed by atoms with Crippen molar-refractivity contribution in [1.82, 2.24) is 15.0 Å². The summed E-state index contributed by atoms with van der Waals surface area (Å²) >= 11 is 6.59. The Bertz CT molecular complexity index is 740. The van der Waals surface area contributed by atoms with Crippen LogP contribution in [0.15, 0.2) is 54.9 Å². The lowest BCUT2D eigenvalue weighted by Crippen LogP contribution is -2.32. The molecule has 0 aliphatic carbocycles. The van der Waals surface area contributed by atoms with Crippen molar-refractivity contribution in [3.63, 3.8) is 0 Å². The van der Waals surface area contributed by atoms with Crippen molar-refractivity contribution < 1.29 is 8.42 Å². The van der Waals surface area contributed by atoms with Crippen molar-refractivity contribution in [3.05, 3.63) is 60.4 Å². The van der Waals surface area contributed by atoms with Gasteiger partial charge in [0.2, 0.25) is 0 Å². The predicted octanol–water partition coefficient (Wildman–Crippen LogP) is 2.14. The summed E-state index contributed by atoms with van der Waals surface area (Å²) in [6, 6.07) is 12.5. The Balaban J connectivity index is 1.64. The summed E-state index contributed by atoms with van der Waals surface area (Å²) in [5.41, 5.74) is 1.56. The molecule has 9 heteroatoms. The van der Waals surface area contributed by atoms with E-state index in [0.29, 0.717) is 22.3 Å². The van der Waals surface area contributed by atoms with Crippen molar-refractivity contribution in [2.24, 2.45) is 0 Å². The van der Waals surface area contributed by atoms with Gasteiger partial charge < -0.3 is 5.32 Å². The Hall–Kier alpha value is -1.68. The van der Waals surface area contributed by atoms with Gasteiger partial charge in [0.25, 0.3) is 10.2 Å². The smallest absolute Gasteiger partial charge is 0.299 e. The first kappa shape index (κ1) is 18.7. The number of nitrogens with zero attached hydrogens (tertiary/aromatic N) is 1. The van der Waals surface area contributed by atoms with Gasteiger partial charge in [-0.05, 0) is 23.8 Å². The molecule has 0 amide bonds. The molecule has 6 nitrogen and oxygen atoms in total. The van der Waals surface area contributed by atoms with Gasteiger partial charge in [-0.15, -0.1) is 0 Å². The number of hydrogen-bond acceptors (Lipinski definition) is 5. The zero-order valence-electron chi connectivity index (χ0n) is 12.8. The van der Waals surface area contributed by atoms with E-state index in [1.54, 1.807) is 36.7 Å². The van der Waals surface area contributed by atoms with Gasteiger partial charge in [0.15, 0.2) is 0 Å². The van der Waals surface area contributed by atoms with Gasteiger partial charge in [0.1, 0.15) is 4.32 Å². The van der Waals surface area contributed by atoms with Crippen LogP contribution in [0.1, 0.15) is 5.56 Å². The molecule has 0 radical (unpaired) electrons. The first-order valence-corrected chi connectivity index (χ1v) is 10.0. The van der Waals surface area contributed by atoms with Crippen LogP contribution < -0.4 is 14.8 Å². The van der Waals surface area contributed by atoms with Crippen LogP contribution in [0.3, 0.4) is 0 Å². The molecule has 0 spiro atoms. The summed E-state index contributed by atoms with van der Waals surface area (Å²) in [6.07, 6.45) is 3.48. The fraction of sp³-hybridized carbons (Fsp3) is 0.200. The minimum Gasteiger partial charge on any atom is -0.367 e. The van der Waals surface area contributed by atoms with E-state index in [0.717, 1.165) is 5.56 Å². The molecule has 0 aliphatic rings. The lowest BCUT2D eigenvalue weighted by Gasteiger charge is -2.10. The Labute approximate surface area is 151 Å². The maximum Gasteiger partial charge on any atom is 0.299 e. The minimum atomic E-state index is -3.57. The fourth-order valence-corrected chi connectivity index (χ4v) is 3.65. The number of rotatable bonds is 8. The molecule has 2 aromatic rings. The van der Waals surface area contributed by atoms with E-state index < -0.39 is 10.2 Å². The number of hydrogen-bond donors (Lipinski definition) is 3. The minimum absolute atomic E-state index is 0.279. The van der Waals surface area contributed by atoms with Crippen LogP contribution in [0.2, 0.25) is 0 Å². The van der Waals surface area contributed by atoms with Gasteiger partial charge in [-0.1, -0.05) is 48.2 Å². The average molecular weight is 383 g/mol. The van der Waals surface area contributed by atoms with Gasteiger partial charge in [0, 0.05) is 36.9 Å². The van der Waals surface area contributed by atoms with Crippen molar-refractivity contribution in [2.75, 3.05) is 17.0 Å². The van der Waals surface area contributed by atoms with Crippen LogP contribution in [-0.2, 0) is 16.8 Å². The number of anilines is 1. The molecule has 1 heterocycles. The molecule has 0 unspecified atom stereocenters. The molecular weight excluding hydrogens is 364 g/mol. The van der Waals surface area contributed by atoms with Crippen LogP contribution in [0.5, 0.6) is 0 Å². The normalized spacial score (nSPS) is 11.0. The summed E-state index contributed by atoms with van der Waals surface area (Å²) < 4.78 is 29.3. The summed E-state index contributed by atoms with van der Waals surface area (Å²) in [7, 11) is -3.57. The lowest BCUT2D eigenvalue weighted by molar-refractivity contribution is 0.589. The third-order valence-corrected chi connectivity index (χ3v) is 5.21. The highest BCUT2D eigenvalue weighted by atomic mass is 32.2. The second-order valence-corrected chi connectivity index (χ2v) is 7.99. The maximum atomic E-state index is 11.9. The van der Waals surface area contributed by atoms with E-state index >= 15 is 0 Å². The zero-order chi connectivity index (χ0) is 17.3. The highest BCUT2D eigenvalue weighted by Gasteiger charge is 2.08. The topological polar surface area (TPSA) is 83.1 Å². The van der Waals surface area contributed by atoms with Crippen LogP contribution in [-0.4, -0.2) is 30.0 Å². The number of thiocarbonyl (C=S) groups is 1. The van der Waals surface area contributed by atoms with Gasteiger partial charge in [-0.25, -0.2) is 0 Å². The van der Waals surface area contributed by atoms with Crippen molar-refractivity contribution in [3.8, 4) is 0 Å². The zero-order valence-corrected chi connectivity index (χ0v) is 15.3. The second-order valence-electron chi connectivity index (χ2n) is 4.72. The van der Waals surface area contributed by atoms with Crippen LogP contribution >= 0.6 is 24.0 Å². The highest BCUT2D eigenvalue weighted by molar-refractivity contribution is 8.23. The second kappa shape index (κ2) is 9.58. The number of pyridine rings is 1. The average Bonchev–Trinajstić information content (AvgIpc) is 2.58. The van der Waals surface area contributed by atoms with Crippen molar-refractivity contribution >= 4 is 44.2 Å². The van der Waals surface area contributed by atoms with Gasteiger partial charge in [-0.3, -0.25) is 9.71 Å². The number of nitrogens with one attached hydrogen (secondary N) is 3. The lowest BCUT2D eigenvalue weighted by atomic mass is 10.3. The highest BCUT2D eigenvalue weighted by Crippen LogP contribution is 2.07. The number of benzene rings is 1. The van der Waals surface area contributed by atoms with Crippen molar-refractivity contribution in [1.29, 1.82) is 0 Å². The molecule has 0 bridgehead atoms. The van der Waals surface area contributed by atoms with Gasteiger partial charge in [0.05, 0.1) is 0 Å². The quantitative estimate of drug-likeness (QED) is 0.479. The SMILES string of the molecule is O=S(=O)(NCCSC(=S)NCc1cccnc1)Nc1ccccc1. The first-order valence-electron chi connectivity index (χ1n) is 7.17. The van der Waals surface area contributed by atoms with E-state index in [-0.39, 0.29) is 6.54 Å². The molecule has 2 rings (SSSR count). The number of para-hydroxylation sites is 1. The van der Waals surface area contributed by atoms with Crippen LogP contribution in [0, 0.1) is 0 Å². The molecule has 24 heavy (non-hydrogen) atoms. The summed E-state index contributed by atoms with van der Waals surface area (Å²) in [5.74, 6) is 0.536. The number of thioether (sulfide) groups is 1. The Morgan fingerprint density at radius 1 is 1.17 bits per heavy atom. The van der Waals surface area contributed by atoms with E-state index in [2.05, 4.69) is 19.7 Å². The van der Waals surface area contributed by atoms with Crippen molar-refractivity contribution in [2.45, 2.75) is 6.54 Å². The Morgan fingerprint density at radius 3 is 2.67 bits per heavy atom. The fourth-order valence-electron chi connectivity index (χ4n) is 1.75. The standard InChI is InChI=1S/C15H18N4O2S3/c20-24(21,19-14-6-2-1-3-7-14)18-9-10-23-15(22)17-12-13-5-4-8-16-11-13/h1-8,11,18-19H,9-10,12H2,(H,17,22). The molecule has 128 valence electrons. The largest absolute Gasteiger partial charge is 0.367 e. The molecular formula is C15H18N4O2S3. The van der Waals surface area contributed by atoms with Gasteiger partial charge >= 0.3 is 0 Å². The summed E-state index contributed by atoms with van der Waals surface area (Å²) in [6.45, 7) is 0.877. The summed E-state index contributed by atoms with van der Waals surface area (Å²) in [4.78, 5) is 4.03. The molecule has 0 saturated heterocycles. The van der Waals surface area contributed by atoms with Crippen LogP contribution in [0.25, 0.3) is 0 Å². The molecule has 0 aliphatic heterocycles. The molecule has 0 fully saturated rings. The monoisotopic (exact) mass is 382 g/mol. The van der Waals surface area contributed by atoms with Crippen LogP contribution in [0.4, 0.5) is 5.69 Å². The molecule has 0 atom stereocenters. The van der Waals surface area contributed by atoms with E-state index in [9.17, 15) is 8.42 Å². The first-order chi connectivity index (χ1) is 11.6.